The Balaban J connectivity index is 1.78. The molecular formula is C27H36N2O6. The lowest BCUT2D eigenvalue weighted by Crippen LogP contribution is -2.56. The van der Waals surface area contributed by atoms with Gasteiger partial charge in [-0.1, -0.05) is 18.2 Å². The van der Waals surface area contributed by atoms with Crippen LogP contribution in [0.1, 0.15) is 50.2 Å². The number of unbranched alkanes of at least 4 members (excludes halogenated alkanes) is 2. The van der Waals surface area contributed by atoms with Crippen LogP contribution in [0.4, 0.5) is 5.69 Å². The minimum Gasteiger partial charge on any atom is -0.481 e. The van der Waals surface area contributed by atoms with Gasteiger partial charge >= 0.3 is 5.97 Å². The van der Waals surface area contributed by atoms with Crippen LogP contribution >= 0.6 is 0 Å². The average molecular weight is 485 g/mol. The molecular weight excluding hydrogens is 448 g/mol. The van der Waals surface area contributed by atoms with Crippen LogP contribution in [0.3, 0.4) is 0 Å². The van der Waals surface area contributed by atoms with Gasteiger partial charge in [0, 0.05) is 25.4 Å². The predicted molar refractivity (Wildman–Crippen MR) is 131 cm³/mol. The zero-order valence-corrected chi connectivity index (χ0v) is 20.8. The summed E-state index contributed by atoms with van der Waals surface area (Å²) in [6.45, 7) is 10.1. The Labute approximate surface area is 206 Å². The number of carboxylic acids is 1. The maximum atomic E-state index is 14.4. The summed E-state index contributed by atoms with van der Waals surface area (Å²) in [5.74, 6) is -3.53. The Morgan fingerprint density at radius 1 is 1.26 bits per heavy atom. The average Bonchev–Trinajstić information content (AvgIpc) is 3.37. The number of anilines is 1. The summed E-state index contributed by atoms with van der Waals surface area (Å²) in [4.78, 5) is 43.7. The van der Waals surface area contributed by atoms with Gasteiger partial charge in [-0.2, -0.15) is 0 Å². The number of carbonyl (C=O) groups excluding carboxylic acids is 2. The van der Waals surface area contributed by atoms with Crippen molar-refractivity contribution in [2.24, 2.45) is 11.8 Å². The van der Waals surface area contributed by atoms with Gasteiger partial charge in [-0.25, -0.2) is 0 Å². The number of aliphatic carboxylic acids is 1. The molecule has 8 nitrogen and oxygen atoms in total. The normalized spacial score (nSPS) is 31.0. The van der Waals surface area contributed by atoms with Gasteiger partial charge in [0.2, 0.25) is 5.91 Å². The van der Waals surface area contributed by atoms with Gasteiger partial charge in [0.25, 0.3) is 5.91 Å². The molecule has 3 aliphatic rings. The zero-order chi connectivity index (χ0) is 25.5. The summed E-state index contributed by atoms with van der Waals surface area (Å²) >= 11 is 0. The number of benzene rings is 1. The molecule has 2 amide bonds. The highest BCUT2D eigenvalue weighted by molar-refractivity contribution is 6.05. The largest absolute Gasteiger partial charge is 0.481 e. The summed E-state index contributed by atoms with van der Waals surface area (Å²) in [6.07, 6.45) is 4.52. The Bertz CT molecular complexity index is 1040. The standard InChI is InChI=1S/C27H36N2O6/c1-5-13-28(19-16-17(2)9-10-18(19)3)24(32)22-27-12-11-26(4,35-27)21(25(33)34)20(27)23(31)29(22)14-7-6-8-15-30/h5,9-10,16,20-22,30H,1,6-8,11-15H2,2-4H3,(H,33,34)/t20-,21-,22?,26+,27?/m0/s1. The van der Waals surface area contributed by atoms with E-state index >= 15 is 0 Å². The SMILES string of the molecule is C=CCN(C(=O)C1N(CCCCCO)C(=O)[C@@H]2[C@@H](C(=O)O)[C@@]3(C)CCC12O3)c1cc(C)ccc1C. The molecule has 0 radical (unpaired) electrons. The molecule has 0 aliphatic carbocycles. The molecule has 3 saturated heterocycles. The molecule has 2 N–H and O–H groups in total. The van der Waals surface area contributed by atoms with Crippen LogP contribution in [0, 0.1) is 25.7 Å². The first-order valence-corrected chi connectivity index (χ1v) is 12.4. The van der Waals surface area contributed by atoms with Gasteiger partial charge in [0.1, 0.15) is 11.6 Å². The van der Waals surface area contributed by atoms with Crippen LogP contribution in [0.25, 0.3) is 0 Å². The number of nitrogens with zero attached hydrogens (tertiary/aromatic N) is 2. The smallest absolute Gasteiger partial charge is 0.310 e. The second-order valence-corrected chi connectivity index (χ2v) is 10.4. The molecule has 2 bridgehead atoms. The second kappa shape index (κ2) is 9.39. The lowest BCUT2D eigenvalue weighted by atomic mass is 9.66. The van der Waals surface area contributed by atoms with E-state index in [4.69, 9.17) is 9.84 Å². The number of aliphatic hydroxyl groups is 1. The van der Waals surface area contributed by atoms with Gasteiger partial charge in [0.15, 0.2) is 0 Å². The van der Waals surface area contributed by atoms with E-state index in [0.29, 0.717) is 38.6 Å². The Hall–Kier alpha value is -2.71. The van der Waals surface area contributed by atoms with E-state index in [9.17, 15) is 19.5 Å². The Morgan fingerprint density at radius 3 is 2.66 bits per heavy atom. The lowest BCUT2D eigenvalue weighted by Gasteiger charge is -2.37. The highest BCUT2D eigenvalue weighted by Gasteiger charge is 2.78. The number of amides is 2. The number of hydrogen-bond donors (Lipinski definition) is 2. The predicted octanol–water partition coefficient (Wildman–Crippen LogP) is 2.83. The third kappa shape index (κ3) is 3.96. The molecule has 190 valence electrons. The van der Waals surface area contributed by atoms with E-state index in [1.165, 1.54) is 0 Å². The highest BCUT2D eigenvalue weighted by atomic mass is 16.5. The second-order valence-electron chi connectivity index (χ2n) is 10.4. The van der Waals surface area contributed by atoms with Crippen LogP contribution in [-0.2, 0) is 19.1 Å². The van der Waals surface area contributed by atoms with Gasteiger partial charge in [-0.05, 0) is 70.1 Å². The number of hydrogen-bond acceptors (Lipinski definition) is 5. The number of carbonyl (C=O) groups is 3. The summed E-state index contributed by atoms with van der Waals surface area (Å²) in [6, 6.07) is 4.97. The third-order valence-corrected chi connectivity index (χ3v) is 8.07. The van der Waals surface area contributed by atoms with Crippen molar-refractivity contribution in [1.29, 1.82) is 0 Å². The number of aryl methyl sites for hydroxylation is 2. The van der Waals surface area contributed by atoms with Crippen molar-refractivity contribution in [2.75, 3.05) is 24.6 Å². The van der Waals surface area contributed by atoms with E-state index in [2.05, 4.69) is 6.58 Å². The molecule has 3 fully saturated rings. The monoisotopic (exact) mass is 484 g/mol. The highest BCUT2D eigenvalue weighted by Crippen LogP contribution is 2.63. The minimum absolute atomic E-state index is 0.0607. The van der Waals surface area contributed by atoms with Crippen molar-refractivity contribution >= 4 is 23.5 Å². The third-order valence-electron chi connectivity index (χ3n) is 8.07. The van der Waals surface area contributed by atoms with Gasteiger partial charge in [-0.15, -0.1) is 6.58 Å². The fourth-order valence-electron chi connectivity index (χ4n) is 6.49. The first-order chi connectivity index (χ1) is 16.6. The zero-order valence-electron chi connectivity index (χ0n) is 20.8. The van der Waals surface area contributed by atoms with Crippen LogP contribution in [0.2, 0.25) is 0 Å². The van der Waals surface area contributed by atoms with E-state index in [-0.39, 0.29) is 25.0 Å². The lowest BCUT2D eigenvalue weighted by molar-refractivity contribution is -0.154. The van der Waals surface area contributed by atoms with Crippen molar-refractivity contribution in [1.82, 2.24) is 4.90 Å². The van der Waals surface area contributed by atoms with Crippen LogP contribution in [-0.4, -0.2) is 69.8 Å². The van der Waals surface area contributed by atoms with E-state index in [1.54, 1.807) is 22.8 Å². The molecule has 2 unspecified atom stereocenters. The summed E-state index contributed by atoms with van der Waals surface area (Å²) in [7, 11) is 0. The molecule has 8 heteroatoms. The van der Waals surface area contributed by atoms with Crippen LogP contribution in [0.15, 0.2) is 30.9 Å². The molecule has 1 spiro atoms. The molecule has 5 atom stereocenters. The van der Waals surface area contributed by atoms with Crippen molar-refractivity contribution in [3.05, 3.63) is 42.0 Å². The Morgan fingerprint density at radius 2 is 2.00 bits per heavy atom. The van der Waals surface area contributed by atoms with E-state index < -0.39 is 35.0 Å². The van der Waals surface area contributed by atoms with Crippen molar-refractivity contribution in [3.8, 4) is 0 Å². The molecule has 0 aromatic heterocycles. The molecule has 1 aromatic rings. The fourth-order valence-corrected chi connectivity index (χ4v) is 6.49. The van der Waals surface area contributed by atoms with Crippen molar-refractivity contribution in [2.45, 2.75) is 70.1 Å². The first-order valence-electron chi connectivity index (χ1n) is 12.4. The maximum Gasteiger partial charge on any atom is 0.310 e. The number of ether oxygens (including phenoxy) is 1. The van der Waals surface area contributed by atoms with Crippen LogP contribution < -0.4 is 4.90 Å². The van der Waals surface area contributed by atoms with E-state index in [0.717, 1.165) is 16.8 Å². The first kappa shape index (κ1) is 25.4. The summed E-state index contributed by atoms with van der Waals surface area (Å²) in [5.41, 5.74) is 0.529. The fraction of sp³-hybridized carbons (Fsp3) is 0.593. The van der Waals surface area contributed by atoms with Crippen LogP contribution in [0.5, 0.6) is 0 Å². The van der Waals surface area contributed by atoms with Crippen molar-refractivity contribution < 1.29 is 29.3 Å². The summed E-state index contributed by atoms with van der Waals surface area (Å²) in [5, 5.41) is 19.2. The maximum absolute atomic E-state index is 14.4. The van der Waals surface area contributed by atoms with E-state index in [1.807, 2.05) is 32.0 Å². The van der Waals surface area contributed by atoms with Gasteiger partial charge in [-0.3, -0.25) is 14.4 Å². The number of aliphatic hydroxyl groups excluding tert-OH is 1. The minimum atomic E-state index is -1.17. The quantitative estimate of drug-likeness (QED) is 0.391. The molecule has 35 heavy (non-hydrogen) atoms. The molecule has 0 saturated carbocycles. The molecule has 3 heterocycles. The molecule has 4 rings (SSSR count). The molecule has 3 aliphatic heterocycles. The van der Waals surface area contributed by atoms with Gasteiger partial charge < -0.3 is 24.7 Å². The Kier molecular flexibility index (Phi) is 6.81. The van der Waals surface area contributed by atoms with Crippen molar-refractivity contribution in [3.63, 3.8) is 0 Å². The molecule has 1 aromatic carbocycles. The number of fused-ring (bicyclic) bond motifs is 1. The number of likely N-dealkylation sites (tertiary alicyclic amines) is 1. The topological polar surface area (TPSA) is 107 Å². The number of carboxylic acid groups (broad SMARTS) is 1. The summed E-state index contributed by atoms with van der Waals surface area (Å²) < 4.78 is 6.47. The van der Waals surface area contributed by atoms with Gasteiger partial charge in [0.05, 0.1) is 17.4 Å². The number of rotatable bonds is 10.